The highest BCUT2D eigenvalue weighted by Crippen LogP contribution is 2.15. The molecule has 0 spiro atoms. The molecule has 2 aromatic rings. The van der Waals surface area contributed by atoms with E-state index < -0.39 is 5.56 Å². The molecular formula is C12H10Cl2N4O2. The summed E-state index contributed by atoms with van der Waals surface area (Å²) in [5, 5.41) is 11.7. The summed E-state index contributed by atoms with van der Waals surface area (Å²) in [6.45, 7) is -0.0481. The number of aromatic nitrogens is 2. The average molecular weight is 313 g/mol. The summed E-state index contributed by atoms with van der Waals surface area (Å²) < 4.78 is 0. The standard InChI is InChI=1S/C12H10Cl2N4O2/c13-7-1-3-8(4-2-7)17-10(19)6-15-9-5-16-18-12(20)11(9)14/h1-5H,6H2,(H,17,19)(H2,15,18,20). The van der Waals surface area contributed by atoms with Crippen molar-refractivity contribution in [1.29, 1.82) is 0 Å². The Kier molecular flexibility index (Phi) is 4.60. The van der Waals surface area contributed by atoms with Crippen molar-refractivity contribution in [2.45, 2.75) is 0 Å². The maximum atomic E-state index is 11.7. The van der Waals surface area contributed by atoms with Crippen LogP contribution in [0.2, 0.25) is 10.0 Å². The molecule has 0 bridgehead atoms. The van der Waals surface area contributed by atoms with Crippen molar-refractivity contribution in [3.63, 3.8) is 0 Å². The Hall–Kier alpha value is -2.05. The van der Waals surface area contributed by atoms with Gasteiger partial charge in [-0.05, 0) is 24.3 Å². The van der Waals surface area contributed by atoms with Crippen LogP contribution in [-0.4, -0.2) is 22.6 Å². The van der Waals surface area contributed by atoms with E-state index in [2.05, 4.69) is 20.8 Å². The zero-order valence-corrected chi connectivity index (χ0v) is 11.6. The third-order valence-electron chi connectivity index (χ3n) is 2.36. The van der Waals surface area contributed by atoms with E-state index in [1.54, 1.807) is 24.3 Å². The lowest BCUT2D eigenvalue weighted by molar-refractivity contribution is -0.114. The highest BCUT2D eigenvalue weighted by molar-refractivity contribution is 6.33. The van der Waals surface area contributed by atoms with Crippen LogP contribution in [0.5, 0.6) is 0 Å². The molecule has 0 saturated heterocycles. The van der Waals surface area contributed by atoms with Crippen LogP contribution in [0.25, 0.3) is 0 Å². The second-order valence-corrected chi connectivity index (χ2v) is 4.65. The van der Waals surface area contributed by atoms with Gasteiger partial charge in [0.05, 0.1) is 18.4 Å². The minimum absolute atomic E-state index is 0.0423. The molecule has 0 fully saturated rings. The first-order chi connectivity index (χ1) is 9.56. The Balaban J connectivity index is 1.94. The Morgan fingerprint density at radius 1 is 1.25 bits per heavy atom. The van der Waals surface area contributed by atoms with Gasteiger partial charge in [-0.25, -0.2) is 5.10 Å². The van der Waals surface area contributed by atoms with Crippen LogP contribution in [0.1, 0.15) is 0 Å². The first kappa shape index (κ1) is 14.4. The molecule has 0 radical (unpaired) electrons. The van der Waals surface area contributed by atoms with Crippen LogP contribution in [-0.2, 0) is 4.79 Å². The number of amides is 1. The molecule has 0 saturated carbocycles. The second-order valence-electron chi connectivity index (χ2n) is 3.84. The quantitative estimate of drug-likeness (QED) is 0.807. The first-order valence-corrected chi connectivity index (χ1v) is 6.34. The van der Waals surface area contributed by atoms with E-state index in [1.807, 2.05) is 0 Å². The lowest BCUT2D eigenvalue weighted by Crippen LogP contribution is -2.23. The van der Waals surface area contributed by atoms with Gasteiger partial charge in [0.1, 0.15) is 5.02 Å². The van der Waals surface area contributed by atoms with Gasteiger partial charge in [0.2, 0.25) is 5.91 Å². The van der Waals surface area contributed by atoms with Gasteiger partial charge in [-0.15, -0.1) is 0 Å². The molecule has 2 rings (SSSR count). The summed E-state index contributed by atoms with van der Waals surface area (Å²) in [7, 11) is 0. The molecule has 0 aliphatic carbocycles. The highest BCUT2D eigenvalue weighted by Gasteiger charge is 2.07. The van der Waals surface area contributed by atoms with Crippen molar-refractivity contribution in [3.8, 4) is 0 Å². The topological polar surface area (TPSA) is 86.9 Å². The van der Waals surface area contributed by atoms with Crippen LogP contribution in [0.4, 0.5) is 11.4 Å². The van der Waals surface area contributed by atoms with Gasteiger partial charge in [0, 0.05) is 10.7 Å². The maximum absolute atomic E-state index is 11.7. The van der Waals surface area contributed by atoms with E-state index in [9.17, 15) is 9.59 Å². The molecule has 1 amide bonds. The second kappa shape index (κ2) is 6.40. The fraction of sp³-hybridized carbons (Fsp3) is 0.0833. The summed E-state index contributed by atoms with van der Waals surface area (Å²) in [6.07, 6.45) is 1.33. The molecule has 1 heterocycles. The predicted octanol–water partition coefficient (Wildman–Crippen LogP) is 2.13. The molecule has 6 nitrogen and oxygen atoms in total. The summed E-state index contributed by atoms with van der Waals surface area (Å²) in [5.41, 5.74) is 0.396. The Bertz CT molecular complexity index is 670. The van der Waals surface area contributed by atoms with Crippen molar-refractivity contribution in [3.05, 3.63) is 50.9 Å². The molecular weight excluding hydrogens is 303 g/mol. The number of anilines is 2. The van der Waals surface area contributed by atoms with Crippen LogP contribution >= 0.6 is 23.2 Å². The lowest BCUT2D eigenvalue weighted by atomic mass is 10.3. The molecule has 8 heteroatoms. The molecule has 20 heavy (non-hydrogen) atoms. The average Bonchev–Trinajstić information content (AvgIpc) is 2.43. The smallest absolute Gasteiger partial charge is 0.285 e. The minimum atomic E-state index is -0.519. The molecule has 0 unspecified atom stereocenters. The first-order valence-electron chi connectivity index (χ1n) is 5.59. The monoisotopic (exact) mass is 312 g/mol. The molecule has 104 valence electrons. The van der Waals surface area contributed by atoms with Crippen LogP contribution in [0.3, 0.4) is 0 Å². The predicted molar refractivity (Wildman–Crippen MR) is 78.4 cm³/mol. The third-order valence-corrected chi connectivity index (χ3v) is 2.99. The van der Waals surface area contributed by atoms with Gasteiger partial charge in [0.15, 0.2) is 0 Å². The Morgan fingerprint density at radius 2 is 1.95 bits per heavy atom. The molecule has 0 atom stereocenters. The SMILES string of the molecule is O=C(CNc1cn[nH]c(=O)c1Cl)Nc1ccc(Cl)cc1. The fourth-order valence-electron chi connectivity index (χ4n) is 1.42. The molecule has 0 aliphatic rings. The maximum Gasteiger partial charge on any atom is 0.285 e. The molecule has 3 N–H and O–H groups in total. The van der Waals surface area contributed by atoms with E-state index in [0.29, 0.717) is 16.4 Å². The number of hydrogen-bond donors (Lipinski definition) is 3. The molecule has 1 aromatic carbocycles. The highest BCUT2D eigenvalue weighted by atomic mass is 35.5. The van der Waals surface area contributed by atoms with Crippen molar-refractivity contribution in [2.24, 2.45) is 0 Å². The number of aromatic amines is 1. The Labute approximate surface area is 124 Å². The van der Waals surface area contributed by atoms with Gasteiger partial charge >= 0.3 is 0 Å². The van der Waals surface area contributed by atoms with Gasteiger partial charge in [-0.1, -0.05) is 23.2 Å². The fourth-order valence-corrected chi connectivity index (χ4v) is 1.70. The third kappa shape index (κ3) is 3.72. The number of carbonyl (C=O) groups excluding carboxylic acids is 1. The summed E-state index contributed by atoms with van der Waals surface area (Å²) in [6, 6.07) is 6.70. The van der Waals surface area contributed by atoms with Gasteiger partial charge in [-0.3, -0.25) is 9.59 Å². The summed E-state index contributed by atoms with van der Waals surface area (Å²) in [4.78, 5) is 22.9. The minimum Gasteiger partial charge on any atom is -0.373 e. The van der Waals surface area contributed by atoms with E-state index in [1.165, 1.54) is 6.20 Å². The number of carbonyl (C=O) groups is 1. The van der Waals surface area contributed by atoms with Gasteiger partial charge in [0.25, 0.3) is 5.56 Å². The number of nitrogens with zero attached hydrogens (tertiary/aromatic N) is 1. The number of rotatable bonds is 4. The van der Waals surface area contributed by atoms with Crippen LogP contribution in [0.15, 0.2) is 35.3 Å². The number of H-pyrrole nitrogens is 1. The number of nitrogens with one attached hydrogen (secondary N) is 3. The number of halogens is 2. The van der Waals surface area contributed by atoms with E-state index >= 15 is 0 Å². The van der Waals surface area contributed by atoms with Crippen molar-refractivity contribution in [1.82, 2.24) is 10.2 Å². The zero-order valence-electron chi connectivity index (χ0n) is 10.1. The summed E-state index contributed by atoms with van der Waals surface area (Å²) >= 11 is 11.5. The zero-order chi connectivity index (χ0) is 14.5. The van der Waals surface area contributed by atoms with E-state index in [-0.39, 0.29) is 17.5 Å². The van der Waals surface area contributed by atoms with Gasteiger partial charge in [-0.2, -0.15) is 5.10 Å². The van der Waals surface area contributed by atoms with E-state index in [0.717, 1.165) is 0 Å². The van der Waals surface area contributed by atoms with Crippen LogP contribution in [0, 0.1) is 0 Å². The lowest BCUT2D eigenvalue weighted by Gasteiger charge is -2.08. The largest absolute Gasteiger partial charge is 0.373 e. The van der Waals surface area contributed by atoms with Crippen molar-refractivity contribution >= 4 is 40.5 Å². The molecule has 1 aromatic heterocycles. The molecule has 0 aliphatic heterocycles. The van der Waals surface area contributed by atoms with Crippen molar-refractivity contribution in [2.75, 3.05) is 17.2 Å². The number of benzene rings is 1. The number of hydrogen-bond acceptors (Lipinski definition) is 4. The Morgan fingerprint density at radius 3 is 2.65 bits per heavy atom. The van der Waals surface area contributed by atoms with E-state index in [4.69, 9.17) is 23.2 Å². The van der Waals surface area contributed by atoms with Crippen molar-refractivity contribution < 1.29 is 4.79 Å². The normalized spacial score (nSPS) is 10.1. The summed E-state index contributed by atoms with van der Waals surface area (Å²) in [5.74, 6) is -0.288. The van der Waals surface area contributed by atoms with Crippen LogP contribution < -0.4 is 16.2 Å². The van der Waals surface area contributed by atoms with Gasteiger partial charge < -0.3 is 10.6 Å².